The Hall–Kier alpha value is -1.49. The number of nitro groups is 1. The highest BCUT2D eigenvalue weighted by Gasteiger charge is 2.30. The van der Waals surface area contributed by atoms with Crippen molar-refractivity contribution < 1.29 is 9.72 Å². The van der Waals surface area contributed by atoms with Crippen molar-refractivity contribution in [1.82, 2.24) is 0 Å². The van der Waals surface area contributed by atoms with E-state index in [4.69, 9.17) is 0 Å². The number of aldehydes is 1. The summed E-state index contributed by atoms with van der Waals surface area (Å²) in [6.45, 7) is 3.54. The van der Waals surface area contributed by atoms with Gasteiger partial charge in [-0.15, -0.1) is 0 Å². The lowest BCUT2D eigenvalue weighted by Gasteiger charge is -2.22. The van der Waals surface area contributed by atoms with Crippen LogP contribution in [-0.4, -0.2) is 17.8 Å². The molecule has 0 aliphatic rings. The summed E-state index contributed by atoms with van der Waals surface area (Å²) in [5.41, 5.74) is 0.945. The van der Waals surface area contributed by atoms with Crippen LogP contribution in [0.4, 0.5) is 0 Å². The van der Waals surface area contributed by atoms with Crippen LogP contribution in [0.15, 0.2) is 34.8 Å². The monoisotopic (exact) mass is 339 g/mol. The summed E-state index contributed by atoms with van der Waals surface area (Å²) in [7, 11) is 0. The molecule has 0 spiro atoms. The molecule has 0 aliphatic heterocycles. The number of benzene rings is 1. The third-order valence-electron chi connectivity index (χ3n) is 3.20. The van der Waals surface area contributed by atoms with E-state index in [0.29, 0.717) is 4.48 Å². The molecule has 1 aromatic carbocycles. The molecule has 0 amide bonds. The zero-order chi connectivity index (χ0) is 15.1. The number of rotatable bonds is 7. The van der Waals surface area contributed by atoms with Crippen molar-refractivity contribution >= 4 is 28.3 Å². The first-order valence-corrected chi connectivity index (χ1v) is 7.24. The molecule has 4 nitrogen and oxygen atoms in total. The highest BCUT2D eigenvalue weighted by molar-refractivity contribution is 9.11. The first-order valence-electron chi connectivity index (χ1n) is 6.45. The SMILES string of the molecule is CC(C)[C@H](C=O)[C@@H](C[N+](=O)[O-])/C(Br)=C/c1ccccc1. The molecule has 0 heterocycles. The molecule has 0 saturated heterocycles. The molecule has 108 valence electrons. The molecule has 1 rings (SSSR count). The largest absolute Gasteiger partial charge is 0.303 e. The Balaban J connectivity index is 3.06. The molecule has 0 unspecified atom stereocenters. The van der Waals surface area contributed by atoms with Gasteiger partial charge in [-0.05, 0) is 17.6 Å². The standard InChI is InChI=1S/C15H18BrNO3/c1-11(2)14(10-18)13(9-17(19)20)15(16)8-12-6-4-3-5-7-12/h3-8,10-11,13-14H,9H2,1-2H3/b15-8-/t13-,14+/m1/s1. The number of nitrogens with zero attached hydrogens (tertiary/aromatic N) is 1. The topological polar surface area (TPSA) is 60.2 Å². The van der Waals surface area contributed by atoms with E-state index in [2.05, 4.69) is 15.9 Å². The number of hydrogen-bond acceptors (Lipinski definition) is 3. The molecule has 1 aromatic rings. The number of carbonyl (C=O) groups excluding carboxylic acids is 1. The minimum Gasteiger partial charge on any atom is -0.303 e. The Bertz CT molecular complexity index is 485. The van der Waals surface area contributed by atoms with Gasteiger partial charge in [0.25, 0.3) is 0 Å². The normalized spacial score (nSPS) is 14.9. The van der Waals surface area contributed by atoms with E-state index >= 15 is 0 Å². The van der Waals surface area contributed by atoms with E-state index < -0.39 is 5.92 Å². The Morgan fingerprint density at radius 3 is 2.40 bits per heavy atom. The van der Waals surface area contributed by atoms with Gasteiger partial charge in [0.2, 0.25) is 6.54 Å². The number of halogens is 1. The van der Waals surface area contributed by atoms with Crippen molar-refractivity contribution in [2.45, 2.75) is 13.8 Å². The molecule has 0 aromatic heterocycles. The fourth-order valence-electron chi connectivity index (χ4n) is 2.09. The lowest BCUT2D eigenvalue weighted by molar-refractivity contribution is -0.487. The second-order valence-electron chi connectivity index (χ2n) is 5.02. The van der Waals surface area contributed by atoms with Crippen molar-refractivity contribution in [3.8, 4) is 0 Å². The van der Waals surface area contributed by atoms with Crippen LogP contribution in [0.2, 0.25) is 0 Å². The summed E-state index contributed by atoms with van der Waals surface area (Å²) < 4.78 is 0.686. The Morgan fingerprint density at radius 2 is 1.95 bits per heavy atom. The van der Waals surface area contributed by atoms with Gasteiger partial charge in [-0.3, -0.25) is 10.1 Å². The van der Waals surface area contributed by atoms with Gasteiger partial charge in [-0.2, -0.15) is 0 Å². The fraction of sp³-hybridized carbons (Fsp3) is 0.400. The van der Waals surface area contributed by atoms with Crippen LogP contribution in [0.1, 0.15) is 19.4 Å². The molecule has 0 radical (unpaired) electrons. The third kappa shape index (κ3) is 4.89. The van der Waals surface area contributed by atoms with Crippen LogP contribution < -0.4 is 0 Å². The highest BCUT2D eigenvalue weighted by atomic mass is 79.9. The number of hydrogen-bond donors (Lipinski definition) is 0. The molecule has 20 heavy (non-hydrogen) atoms. The van der Waals surface area contributed by atoms with Crippen molar-refractivity contribution in [2.75, 3.05) is 6.54 Å². The molecule has 0 saturated carbocycles. The van der Waals surface area contributed by atoms with Gasteiger partial charge in [0.15, 0.2) is 0 Å². The van der Waals surface area contributed by atoms with E-state index in [1.807, 2.05) is 50.3 Å². The summed E-state index contributed by atoms with van der Waals surface area (Å²) in [6.07, 6.45) is 2.66. The Kier molecular flexibility index (Phi) is 6.58. The maximum Gasteiger partial charge on any atom is 0.211 e. The van der Waals surface area contributed by atoms with Gasteiger partial charge in [0.05, 0.1) is 5.92 Å². The van der Waals surface area contributed by atoms with Gasteiger partial charge >= 0.3 is 0 Å². The lowest BCUT2D eigenvalue weighted by atomic mass is 9.84. The summed E-state index contributed by atoms with van der Waals surface area (Å²) in [6, 6.07) is 9.52. The van der Waals surface area contributed by atoms with Crippen LogP contribution in [-0.2, 0) is 4.79 Å². The zero-order valence-corrected chi connectivity index (χ0v) is 13.1. The fourth-order valence-corrected chi connectivity index (χ4v) is 2.80. The van der Waals surface area contributed by atoms with Gasteiger partial charge in [0.1, 0.15) is 6.29 Å². The molecule has 0 bridgehead atoms. The third-order valence-corrected chi connectivity index (χ3v) is 4.01. The average Bonchev–Trinajstić information content (AvgIpc) is 2.38. The summed E-state index contributed by atoms with van der Waals surface area (Å²) in [5, 5.41) is 10.9. The van der Waals surface area contributed by atoms with E-state index in [-0.39, 0.29) is 23.3 Å². The van der Waals surface area contributed by atoms with Crippen molar-refractivity contribution in [2.24, 2.45) is 17.8 Å². The first kappa shape index (κ1) is 16.6. The Morgan fingerprint density at radius 1 is 1.35 bits per heavy atom. The van der Waals surface area contributed by atoms with E-state index in [9.17, 15) is 14.9 Å². The highest BCUT2D eigenvalue weighted by Crippen LogP contribution is 2.31. The van der Waals surface area contributed by atoms with Crippen LogP contribution in [0, 0.1) is 27.9 Å². The predicted octanol–water partition coefficient (Wildman–Crippen LogP) is 3.79. The minimum atomic E-state index is -0.442. The second-order valence-corrected chi connectivity index (χ2v) is 5.93. The molecule has 2 atom stereocenters. The van der Waals surface area contributed by atoms with Crippen LogP contribution in [0.3, 0.4) is 0 Å². The smallest absolute Gasteiger partial charge is 0.211 e. The molecule has 0 fully saturated rings. The zero-order valence-electron chi connectivity index (χ0n) is 11.5. The summed E-state index contributed by atoms with van der Waals surface area (Å²) >= 11 is 3.42. The quantitative estimate of drug-likeness (QED) is 0.431. The maximum atomic E-state index is 11.3. The van der Waals surface area contributed by atoms with Crippen molar-refractivity contribution in [3.63, 3.8) is 0 Å². The molecule has 0 aliphatic carbocycles. The van der Waals surface area contributed by atoms with Gasteiger partial charge < -0.3 is 4.79 Å². The maximum absolute atomic E-state index is 11.3. The molecular weight excluding hydrogens is 322 g/mol. The molecule has 0 N–H and O–H groups in total. The van der Waals surface area contributed by atoms with Gasteiger partial charge in [-0.1, -0.05) is 60.1 Å². The average molecular weight is 340 g/mol. The van der Waals surface area contributed by atoms with E-state index in [1.165, 1.54) is 0 Å². The molecular formula is C15H18BrNO3. The van der Waals surface area contributed by atoms with Crippen LogP contribution >= 0.6 is 15.9 Å². The van der Waals surface area contributed by atoms with E-state index in [0.717, 1.165) is 11.8 Å². The first-order chi connectivity index (χ1) is 9.45. The van der Waals surface area contributed by atoms with Crippen LogP contribution in [0.5, 0.6) is 0 Å². The number of carbonyl (C=O) groups is 1. The van der Waals surface area contributed by atoms with Crippen molar-refractivity contribution in [3.05, 3.63) is 50.5 Å². The predicted molar refractivity (Wildman–Crippen MR) is 83.1 cm³/mol. The summed E-state index contributed by atoms with van der Waals surface area (Å²) in [5.74, 6) is -0.772. The lowest BCUT2D eigenvalue weighted by Crippen LogP contribution is -2.28. The van der Waals surface area contributed by atoms with Crippen LogP contribution in [0.25, 0.3) is 6.08 Å². The van der Waals surface area contributed by atoms with Crippen molar-refractivity contribution in [1.29, 1.82) is 0 Å². The van der Waals surface area contributed by atoms with Gasteiger partial charge in [0, 0.05) is 15.3 Å². The second kappa shape index (κ2) is 7.94. The molecule has 5 heteroatoms. The Labute approximate surface area is 127 Å². The minimum absolute atomic E-state index is 0.0502. The van der Waals surface area contributed by atoms with E-state index in [1.54, 1.807) is 0 Å². The summed E-state index contributed by atoms with van der Waals surface area (Å²) in [4.78, 5) is 21.7. The van der Waals surface area contributed by atoms with Gasteiger partial charge in [-0.25, -0.2) is 0 Å².